The van der Waals surface area contributed by atoms with Crippen molar-refractivity contribution in [1.82, 2.24) is 0 Å². The molecule has 0 saturated heterocycles. The van der Waals surface area contributed by atoms with Crippen molar-refractivity contribution in [2.75, 3.05) is 46.8 Å². The second-order valence-corrected chi connectivity index (χ2v) is 4.80. The van der Waals surface area contributed by atoms with Gasteiger partial charge in [0.2, 0.25) is 0 Å². The van der Waals surface area contributed by atoms with Gasteiger partial charge >= 0.3 is 5.97 Å². The number of hydrogen-bond acceptors (Lipinski definition) is 6. The average molecular weight is 314 g/mol. The molecule has 0 aromatic heterocycles. The predicted molar refractivity (Wildman–Crippen MR) is 81.9 cm³/mol. The van der Waals surface area contributed by atoms with Crippen molar-refractivity contribution >= 4 is 18.6 Å². The van der Waals surface area contributed by atoms with Crippen molar-refractivity contribution in [3.8, 4) is 0 Å². The van der Waals surface area contributed by atoms with E-state index in [0.717, 1.165) is 10.5 Å². The van der Waals surface area contributed by atoms with E-state index in [2.05, 4.69) is 12.6 Å². The molecule has 21 heavy (non-hydrogen) atoms. The Morgan fingerprint density at radius 1 is 0.952 bits per heavy atom. The fourth-order valence-electron chi connectivity index (χ4n) is 1.51. The Kier molecular flexibility index (Phi) is 9.90. The van der Waals surface area contributed by atoms with Crippen LogP contribution < -0.4 is 0 Å². The van der Waals surface area contributed by atoms with Crippen LogP contribution in [0.3, 0.4) is 0 Å². The van der Waals surface area contributed by atoms with Crippen molar-refractivity contribution in [2.24, 2.45) is 0 Å². The van der Waals surface area contributed by atoms with Gasteiger partial charge in [0.15, 0.2) is 0 Å². The third-order valence-electron chi connectivity index (χ3n) is 2.58. The number of methoxy groups -OCH3 is 1. The molecule has 6 heteroatoms. The van der Waals surface area contributed by atoms with Gasteiger partial charge in [-0.1, -0.05) is 12.1 Å². The normalized spacial score (nSPS) is 10.6. The monoisotopic (exact) mass is 314 g/mol. The van der Waals surface area contributed by atoms with Crippen LogP contribution in [-0.4, -0.2) is 52.7 Å². The summed E-state index contributed by atoms with van der Waals surface area (Å²) in [5, 5.41) is 0. The highest BCUT2D eigenvalue weighted by atomic mass is 32.1. The minimum absolute atomic E-state index is 0.252. The fraction of sp³-hybridized carbons (Fsp3) is 0.533. The number of hydrogen-bond donors (Lipinski definition) is 1. The van der Waals surface area contributed by atoms with Crippen LogP contribution in [-0.2, 0) is 30.2 Å². The molecule has 1 aromatic rings. The highest BCUT2D eigenvalue weighted by molar-refractivity contribution is 7.80. The van der Waals surface area contributed by atoms with Gasteiger partial charge in [-0.05, 0) is 17.7 Å². The number of esters is 1. The van der Waals surface area contributed by atoms with Gasteiger partial charge in [-0.25, -0.2) is 0 Å². The Morgan fingerprint density at radius 2 is 1.52 bits per heavy atom. The minimum Gasteiger partial charge on any atom is -0.463 e. The molecule has 0 aliphatic rings. The van der Waals surface area contributed by atoms with Crippen molar-refractivity contribution in [3.63, 3.8) is 0 Å². The summed E-state index contributed by atoms with van der Waals surface area (Å²) in [5.74, 6) is -0.262. The molecule has 118 valence electrons. The summed E-state index contributed by atoms with van der Waals surface area (Å²) in [6.07, 6.45) is 0.258. The van der Waals surface area contributed by atoms with E-state index in [1.54, 1.807) is 7.11 Å². The maximum absolute atomic E-state index is 11.6. The second-order valence-electron chi connectivity index (χ2n) is 4.28. The molecule has 0 aliphatic carbocycles. The van der Waals surface area contributed by atoms with Crippen LogP contribution in [0.4, 0.5) is 0 Å². The van der Waals surface area contributed by atoms with E-state index in [1.807, 2.05) is 24.3 Å². The van der Waals surface area contributed by atoms with Gasteiger partial charge in [0, 0.05) is 12.0 Å². The molecule has 0 bridgehead atoms. The first-order chi connectivity index (χ1) is 10.2. The molecule has 0 saturated carbocycles. The van der Waals surface area contributed by atoms with Crippen molar-refractivity contribution < 1.29 is 23.7 Å². The number of rotatable bonds is 11. The van der Waals surface area contributed by atoms with Crippen LogP contribution in [0.15, 0.2) is 29.2 Å². The van der Waals surface area contributed by atoms with E-state index in [0.29, 0.717) is 33.0 Å². The first-order valence-electron chi connectivity index (χ1n) is 6.80. The van der Waals surface area contributed by atoms with E-state index in [1.165, 1.54) is 0 Å². The molecular weight excluding hydrogens is 292 g/mol. The Bertz CT molecular complexity index is 394. The van der Waals surface area contributed by atoms with Crippen molar-refractivity contribution in [2.45, 2.75) is 11.3 Å². The van der Waals surface area contributed by atoms with E-state index in [9.17, 15) is 4.79 Å². The topological polar surface area (TPSA) is 54.0 Å². The quantitative estimate of drug-likeness (QED) is 0.383. The fourth-order valence-corrected chi connectivity index (χ4v) is 1.66. The summed E-state index contributed by atoms with van der Waals surface area (Å²) in [5.41, 5.74) is 0.908. The Labute approximate surface area is 130 Å². The van der Waals surface area contributed by atoms with Gasteiger partial charge in [0.05, 0.1) is 39.5 Å². The van der Waals surface area contributed by atoms with Crippen LogP contribution in [0.2, 0.25) is 0 Å². The summed E-state index contributed by atoms with van der Waals surface area (Å²) < 4.78 is 20.4. The summed E-state index contributed by atoms with van der Waals surface area (Å²) in [6.45, 7) is 2.74. The highest BCUT2D eigenvalue weighted by Gasteiger charge is 2.04. The van der Waals surface area contributed by atoms with Crippen molar-refractivity contribution in [3.05, 3.63) is 29.8 Å². The van der Waals surface area contributed by atoms with Crippen LogP contribution in [0.5, 0.6) is 0 Å². The largest absolute Gasteiger partial charge is 0.463 e. The molecule has 0 spiro atoms. The molecule has 0 atom stereocenters. The average Bonchev–Trinajstić information content (AvgIpc) is 2.48. The number of carbonyl (C=O) groups excluding carboxylic acids is 1. The highest BCUT2D eigenvalue weighted by Crippen LogP contribution is 2.08. The second kappa shape index (κ2) is 11.6. The zero-order valence-corrected chi connectivity index (χ0v) is 13.1. The standard InChI is InChI=1S/C15H22O5S/c1-17-6-7-18-8-9-19-10-11-20-15(16)12-13-2-4-14(21)5-3-13/h2-5,21H,6-12H2,1H3. The summed E-state index contributed by atoms with van der Waals surface area (Å²) >= 11 is 4.19. The van der Waals surface area contributed by atoms with Crippen LogP contribution in [0, 0.1) is 0 Å². The van der Waals surface area contributed by atoms with Crippen LogP contribution in [0.1, 0.15) is 5.56 Å². The first-order valence-corrected chi connectivity index (χ1v) is 7.25. The molecule has 0 heterocycles. The van der Waals surface area contributed by atoms with Crippen molar-refractivity contribution in [1.29, 1.82) is 0 Å². The first kappa shape index (κ1) is 18.0. The number of carbonyl (C=O) groups is 1. The van der Waals surface area contributed by atoms with Gasteiger partial charge in [0.1, 0.15) is 6.61 Å². The van der Waals surface area contributed by atoms with Crippen LogP contribution >= 0.6 is 12.6 Å². The SMILES string of the molecule is COCCOCCOCCOC(=O)Cc1ccc(S)cc1. The van der Waals surface area contributed by atoms with E-state index in [-0.39, 0.29) is 19.0 Å². The van der Waals surface area contributed by atoms with Gasteiger partial charge in [-0.3, -0.25) is 4.79 Å². The molecular formula is C15H22O5S. The lowest BCUT2D eigenvalue weighted by molar-refractivity contribution is -0.144. The minimum atomic E-state index is -0.262. The zero-order chi connectivity index (χ0) is 15.3. The maximum atomic E-state index is 11.6. The molecule has 5 nitrogen and oxygen atoms in total. The lowest BCUT2D eigenvalue weighted by Gasteiger charge is -2.07. The third kappa shape index (κ3) is 9.47. The van der Waals surface area contributed by atoms with Gasteiger partial charge in [-0.2, -0.15) is 0 Å². The molecule has 0 radical (unpaired) electrons. The van der Waals surface area contributed by atoms with E-state index in [4.69, 9.17) is 18.9 Å². The summed E-state index contributed by atoms with van der Waals surface area (Å²) in [4.78, 5) is 12.4. The Morgan fingerprint density at radius 3 is 2.14 bits per heavy atom. The molecule has 1 aromatic carbocycles. The summed E-state index contributed by atoms with van der Waals surface area (Å²) in [6, 6.07) is 7.41. The van der Waals surface area contributed by atoms with Crippen LogP contribution in [0.25, 0.3) is 0 Å². The number of ether oxygens (including phenoxy) is 4. The lowest BCUT2D eigenvalue weighted by Crippen LogP contribution is -2.14. The Balaban J connectivity index is 1.97. The molecule has 0 amide bonds. The molecule has 1 rings (SSSR count). The van der Waals surface area contributed by atoms with E-state index < -0.39 is 0 Å². The Hall–Kier alpha value is -1.08. The predicted octanol–water partition coefficient (Wildman–Crippen LogP) is 1.74. The zero-order valence-electron chi connectivity index (χ0n) is 12.2. The smallest absolute Gasteiger partial charge is 0.310 e. The maximum Gasteiger partial charge on any atom is 0.310 e. The molecule has 0 aliphatic heterocycles. The lowest BCUT2D eigenvalue weighted by atomic mass is 10.1. The van der Waals surface area contributed by atoms with Gasteiger partial charge in [0.25, 0.3) is 0 Å². The molecule has 0 N–H and O–H groups in total. The summed E-state index contributed by atoms with van der Waals surface area (Å²) in [7, 11) is 1.63. The molecule has 0 fully saturated rings. The number of thiol groups is 1. The van der Waals surface area contributed by atoms with Gasteiger partial charge in [-0.15, -0.1) is 12.6 Å². The van der Waals surface area contributed by atoms with E-state index >= 15 is 0 Å². The van der Waals surface area contributed by atoms with Gasteiger partial charge < -0.3 is 18.9 Å². The number of benzene rings is 1. The molecule has 0 unspecified atom stereocenters. The third-order valence-corrected chi connectivity index (χ3v) is 2.88.